The Morgan fingerprint density at radius 3 is 2.31 bits per heavy atom. The van der Waals surface area contributed by atoms with Gasteiger partial charge in [-0.05, 0) is 18.9 Å². The normalized spacial score (nSPS) is 14.3. The van der Waals surface area contributed by atoms with Crippen molar-refractivity contribution in [3.05, 3.63) is 45.5 Å². The van der Waals surface area contributed by atoms with Gasteiger partial charge in [-0.2, -0.15) is 0 Å². The van der Waals surface area contributed by atoms with Crippen molar-refractivity contribution in [2.75, 3.05) is 19.5 Å². The van der Waals surface area contributed by atoms with E-state index in [-0.39, 0.29) is 40.1 Å². The van der Waals surface area contributed by atoms with Gasteiger partial charge >= 0.3 is 11.9 Å². The summed E-state index contributed by atoms with van der Waals surface area (Å²) in [4.78, 5) is 36.0. The van der Waals surface area contributed by atoms with Gasteiger partial charge in [0.25, 0.3) is 5.69 Å². The highest BCUT2D eigenvalue weighted by molar-refractivity contribution is 6.10. The molecule has 0 aliphatic heterocycles. The van der Waals surface area contributed by atoms with Crippen molar-refractivity contribution < 1.29 is 28.4 Å². The van der Waals surface area contributed by atoms with Crippen LogP contribution in [-0.4, -0.2) is 37.1 Å². The predicted octanol–water partition coefficient (Wildman–Crippen LogP) is 4.17. The van der Waals surface area contributed by atoms with Crippen LogP contribution in [0.1, 0.15) is 52.8 Å². The van der Waals surface area contributed by atoms with Gasteiger partial charge in [0, 0.05) is 12.1 Å². The molecular weight excluding hydrogens is 380 g/mol. The van der Waals surface area contributed by atoms with E-state index in [2.05, 4.69) is 5.32 Å². The fourth-order valence-electron chi connectivity index (χ4n) is 3.57. The van der Waals surface area contributed by atoms with E-state index in [9.17, 15) is 19.7 Å². The molecule has 9 heteroatoms. The molecule has 154 valence electrons. The third kappa shape index (κ3) is 4.08. The molecule has 0 spiro atoms. The third-order valence-electron chi connectivity index (χ3n) is 4.97. The van der Waals surface area contributed by atoms with Crippen LogP contribution in [0, 0.1) is 10.1 Å². The minimum absolute atomic E-state index is 0.0531. The molecule has 9 nitrogen and oxygen atoms in total. The van der Waals surface area contributed by atoms with Crippen LogP contribution in [0.5, 0.6) is 0 Å². The molecule has 1 fully saturated rings. The van der Waals surface area contributed by atoms with E-state index in [0.29, 0.717) is 0 Å². The topological polar surface area (TPSA) is 121 Å². The van der Waals surface area contributed by atoms with Crippen LogP contribution in [0.25, 0.3) is 11.3 Å². The standard InChI is InChI=1S/C20H22N2O7/c1-27-19(23)15-16(20(24)28-2)18(21-12-8-4-3-5-9-12)29-17(15)13-10-6-7-11-14(13)22(25)26/h6-7,10-12,21H,3-5,8-9H2,1-2H3. The second-order valence-corrected chi connectivity index (χ2v) is 6.75. The SMILES string of the molecule is COC(=O)c1c(NC2CCCCC2)oc(-c2ccccc2[N+](=O)[O-])c1C(=O)OC. The Balaban J connectivity index is 2.21. The van der Waals surface area contributed by atoms with Crippen LogP contribution in [0.2, 0.25) is 0 Å². The summed E-state index contributed by atoms with van der Waals surface area (Å²) in [6.45, 7) is 0. The van der Waals surface area contributed by atoms with Crippen LogP contribution >= 0.6 is 0 Å². The van der Waals surface area contributed by atoms with Gasteiger partial charge < -0.3 is 19.2 Å². The van der Waals surface area contributed by atoms with E-state index in [1.807, 2.05) is 0 Å². The number of anilines is 1. The van der Waals surface area contributed by atoms with Crippen molar-refractivity contribution in [1.82, 2.24) is 0 Å². The van der Waals surface area contributed by atoms with Crippen LogP contribution in [0.15, 0.2) is 28.7 Å². The fraction of sp³-hybridized carbons (Fsp3) is 0.400. The van der Waals surface area contributed by atoms with Gasteiger partial charge in [0.2, 0.25) is 5.88 Å². The average Bonchev–Trinajstić information content (AvgIpc) is 3.12. The number of ether oxygens (including phenoxy) is 2. The van der Waals surface area contributed by atoms with E-state index in [4.69, 9.17) is 13.9 Å². The summed E-state index contributed by atoms with van der Waals surface area (Å²) in [5.41, 5.74) is -0.517. The molecule has 1 aromatic heterocycles. The molecule has 3 rings (SSSR count). The van der Waals surface area contributed by atoms with Gasteiger partial charge in [0.15, 0.2) is 5.76 Å². The fourth-order valence-corrected chi connectivity index (χ4v) is 3.57. The maximum absolute atomic E-state index is 12.5. The number of carbonyl (C=O) groups is 2. The number of esters is 2. The second-order valence-electron chi connectivity index (χ2n) is 6.75. The highest BCUT2D eigenvalue weighted by Gasteiger charge is 2.35. The number of hydrogen-bond donors (Lipinski definition) is 1. The molecule has 1 saturated carbocycles. The number of methoxy groups -OCH3 is 2. The van der Waals surface area contributed by atoms with Crippen molar-refractivity contribution in [3.8, 4) is 11.3 Å². The van der Waals surface area contributed by atoms with Crippen LogP contribution in [0.3, 0.4) is 0 Å². The van der Waals surface area contributed by atoms with Crippen LogP contribution < -0.4 is 5.32 Å². The number of rotatable bonds is 6. The van der Waals surface area contributed by atoms with Gasteiger partial charge in [0.05, 0.1) is 24.7 Å². The minimum Gasteiger partial charge on any atom is -0.465 e. The molecule has 1 aliphatic rings. The maximum atomic E-state index is 12.5. The zero-order valence-corrected chi connectivity index (χ0v) is 16.2. The lowest BCUT2D eigenvalue weighted by molar-refractivity contribution is -0.384. The van der Waals surface area contributed by atoms with Crippen molar-refractivity contribution in [2.24, 2.45) is 0 Å². The van der Waals surface area contributed by atoms with Crippen molar-refractivity contribution in [1.29, 1.82) is 0 Å². The zero-order chi connectivity index (χ0) is 21.0. The lowest BCUT2D eigenvalue weighted by atomic mass is 9.95. The highest BCUT2D eigenvalue weighted by Crippen LogP contribution is 2.40. The molecule has 1 N–H and O–H groups in total. The maximum Gasteiger partial charge on any atom is 0.344 e. The smallest absolute Gasteiger partial charge is 0.344 e. The molecule has 0 saturated heterocycles. The minimum atomic E-state index is -0.848. The molecule has 2 aromatic rings. The van der Waals surface area contributed by atoms with Gasteiger partial charge in [-0.3, -0.25) is 10.1 Å². The number of nitrogens with zero attached hydrogens (tertiary/aromatic N) is 1. The van der Waals surface area contributed by atoms with E-state index < -0.39 is 16.9 Å². The summed E-state index contributed by atoms with van der Waals surface area (Å²) < 4.78 is 15.5. The predicted molar refractivity (Wildman–Crippen MR) is 104 cm³/mol. The summed E-state index contributed by atoms with van der Waals surface area (Å²) in [5.74, 6) is -1.70. The number of benzene rings is 1. The molecule has 0 bridgehead atoms. The second kappa shape index (κ2) is 8.76. The van der Waals surface area contributed by atoms with Gasteiger partial charge in [-0.25, -0.2) is 9.59 Å². The first kappa shape index (κ1) is 20.4. The molecule has 0 amide bonds. The Hall–Kier alpha value is -3.36. The Morgan fingerprint density at radius 2 is 1.69 bits per heavy atom. The Morgan fingerprint density at radius 1 is 1.07 bits per heavy atom. The van der Waals surface area contributed by atoms with Crippen LogP contribution in [-0.2, 0) is 9.47 Å². The van der Waals surface area contributed by atoms with Crippen molar-refractivity contribution in [3.63, 3.8) is 0 Å². The number of carbonyl (C=O) groups excluding carboxylic acids is 2. The lowest BCUT2D eigenvalue weighted by Crippen LogP contribution is -2.23. The van der Waals surface area contributed by atoms with Gasteiger partial charge in [-0.15, -0.1) is 0 Å². The molecule has 1 aliphatic carbocycles. The Kier molecular flexibility index (Phi) is 6.16. The monoisotopic (exact) mass is 402 g/mol. The number of nitrogens with one attached hydrogen (secondary N) is 1. The zero-order valence-electron chi connectivity index (χ0n) is 16.2. The quantitative estimate of drug-likeness (QED) is 0.434. The molecular formula is C20H22N2O7. The highest BCUT2D eigenvalue weighted by atomic mass is 16.6. The Labute approximate surface area is 167 Å². The van der Waals surface area contributed by atoms with E-state index in [1.54, 1.807) is 6.07 Å². The summed E-state index contributed by atoms with van der Waals surface area (Å²) in [6, 6.07) is 5.89. The van der Waals surface area contributed by atoms with Crippen LogP contribution in [0.4, 0.5) is 11.6 Å². The molecule has 0 unspecified atom stereocenters. The number of hydrogen-bond acceptors (Lipinski definition) is 8. The molecule has 0 atom stereocenters. The molecule has 1 heterocycles. The molecule has 1 aromatic carbocycles. The third-order valence-corrected chi connectivity index (χ3v) is 4.97. The largest absolute Gasteiger partial charge is 0.465 e. The van der Waals surface area contributed by atoms with Gasteiger partial charge in [-0.1, -0.05) is 31.4 Å². The first-order valence-electron chi connectivity index (χ1n) is 9.31. The summed E-state index contributed by atoms with van der Waals surface area (Å²) in [6.07, 6.45) is 4.97. The number of nitro groups is 1. The Bertz CT molecular complexity index is 929. The van der Waals surface area contributed by atoms with Crippen molar-refractivity contribution >= 4 is 23.5 Å². The van der Waals surface area contributed by atoms with E-state index in [1.165, 1.54) is 25.3 Å². The van der Waals surface area contributed by atoms with Crippen molar-refractivity contribution in [2.45, 2.75) is 38.1 Å². The van der Waals surface area contributed by atoms with E-state index >= 15 is 0 Å². The lowest BCUT2D eigenvalue weighted by Gasteiger charge is -2.22. The summed E-state index contributed by atoms with van der Waals surface area (Å²) in [5, 5.41) is 14.7. The number of para-hydroxylation sites is 1. The number of nitro benzene ring substituents is 1. The summed E-state index contributed by atoms with van der Waals surface area (Å²) >= 11 is 0. The number of furan rings is 1. The first-order valence-corrected chi connectivity index (χ1v) is 9.31. The average molecular weight is 402 g/mol. The van der Waals surface area contributed by atoms with Gasteiger partial charge in [0.1, 0.15) is 11.1 Å². The van der Waals surface area contributed by atoms with E-state index in [0.717, 1.165) is 39.2 Å². The molecule has 0 radical (unpaired) electrons. The summed E-state index contributed by atoms with van der Waals surface area (Å²) in [7, 11) is 2.35. The first-order chi connectivity index (χ1) is 14.0. The molecule has 29 heavy (non-hydrogen) atoms.